The van der Waals surface area contributed by atoms with Crippen LogP contribution in [0.2, 0.25) is 0 Å². The van der Waals surface area contributed by atoms with E-state index in [-0.39, 0.29) is 0 Å². The van der Waals surface area contributed by atoms with E-state index in [2.05, 4.69) is 89.1 Å². The molecule has 176 valence electrons. The van der Waals surface area contributed by atoms with Crippen molar-refractivity contribution in [2.24, 2.45) is 17.8 Å². The molecule has 0 bridgehead atoms. The van der Waals surface area contributed by atoms with Gasteiger partial charge in [0.25, 0.3) is 0 Å². The van der Waals surface area contributed by atoms with Gasteiger partial charge >= 0.3 is 0 Å². The highest BCUT2D eigenvalue weighted by molar-refractivity contribution is 7.21. The minimum Gasteiger partial charge on any atom is -0.143 e. The van der Waals surface area contributed by atoms with Crippen LogP contribution in [0.15, 0.2) is 70.1 Å². The quantitative estimate of drug-likeness (QED) is 0.237. The van der Waals surface area contributed by atoms with Crippen LogP contribution in [0.5, 0.6) is 0 Å². The van der Waals surface area contributed by atoms with Crippen molar-refractivity contribution in [3.8, 4) is 19.5 Å². The highest BCUT2D eigenvalue weighted by atomic mass is 32.1. The second-order valence-electron chi connectivity index (χ2n) is 9.42. The minimum atomic E-state index is 0.693. The zero-order valence-corrected chi connectivity index (χ0v) is 23.0. The molecule has 0 aromatic carbocycles. The zero-order valence-electron chi connectivity index (χ0n) is 19.7. The number of hydrogen-bond acceptors (Lipinski definition) is 4. The summed E-state index contributed by atoms with van der Waals surface area (Å²) in [6, 6.07) is 13.4. The SMILES string of the molecule is CC1CCC(/C=C/c2csc(-c3cccs3)c2)CCCCC1/C=C/c1csc(-c2cccs2)c1. The molecule has 0 N–H and O–H groups in total. The van der Waals surface area contributed by atoms with Crippen LogP contribution < -0.4 is 0 Å². The molecule has 1 aliphatic rings. The van der Waals surface area contributed by atoms with Crippen LogP contribution in [0.4, 0.5) is 0 Å². The van der Waals surface area contributed by atoms with Gasteiger partial charge in [0.1, 0.15) is 0 Å². The molecule has 4 aromatic rings. The van der Waals surface area contributed by atoms with Crippen LogP contribution in [0.1, 0.15) is 56.6 Å². The Morgan fingerprint density at radius 3 is 1.91 bits per heavy atom. The first-order valence-electron chi connectivity index (χ1n) is 12.4. The van der Waals surface area contributed by atoms with Crippen LogP contribution in [0.3, 0.4) is 0 Å². The van der Waals surface area contributed by atoms with Gasteiger partial charge in [-0.25, -0.2) is 0 Å². The van der Waals surface area contributed by atoms with E-state index < -0.39 is 0 Å². The zero-order chi connectivity index (χ0) is 23.2. The fraction of sp³-hybridized carbons (Fsp3) is 0.333. The van der Waals surface area contributed by atoms with Crippen molar-refractivity contribution >= 4 is 57.5 Å². The van der Waals surface area contributed by atoms with E-state index in [1.54, 1.807) is 0 Å². The van der Waals surface area contributed by atoms with E-state index in [0.717, 1.165) is 5.92 Å². The monoisotopic (exact) mass is 520 g/mol. The minimum absolute atomic E-state index is 0.693. The lowest BCUT2D eigenvalue weighted by atomic mass is 9.85. The molecule has 3 unspecified atom stereocenters. The summed E-state index contributed by atoms with van der Waals surface area (Å²) in [6.45, 7) is 2.47. The molecule has 4 aromatic heterocycles. The topological polar surface area (TPSA) is 0 Å². The maximum atomic E-state index is 2.51. The lowest BCUT2D eigenvalue weighted by Gasteiger charge is -2.20. The second-order valence-corrected chi connectivity index (χ2v) is 13.1. The summed E-state index contributed by atoms with van der Waals surface area (Å²) in [5.41, 5.74) is 2.72. The maximum Gasteiger partial charge on any atom is 0.0448 e. The normalized spacial score (nSPS) is 22.2. The number of allylic oxidation sites excluding steroid dienone is 2. The van der Waals surface area contributed by atoms with E-state index in [1.807, 2.05) is 45.3 Å². The predicted molar refractivity (Wildman–Crippen MR) is 157 cm³/mol. The molecule has 1 fully saturated rings. The first-order chi connectivity index (χ1) is 16.7. The molecular formula is C30H32S4. The molecule has 0 spiro atoms. The average Bonchev–Trinajstić information content (AvgIpc) is 3.65. The second kappa shape index (κ2) is 11.8. The molecule has 0 saturated heterocycles. The lowest BCUT2D eigenvalue weighted by Crippen LogP contribution is -2.09. The summed E-state index contributed by atoms with van der Waals surface area (Å²) >= 11 is 7.38. The average molecular weight is 521 g/mol. The summed E-state index contributed by atoms with van der Waals surface area (Å²) in [7, 11) is 0. The Balaban J connectivity index is 1.17. The highest BCUT2D eigenvalue weighted by Crippen LogP contribution is 2.35. The molecule has 5 rings (SSSR count). The van der Waals surface area contributed by atoms with Gasteiger partial charge < -0.3 is 0 Å². The van der Waals surface area contributed by atoms with Crippen LogP contribution in [0, 0.1) is 17.8 Å². The molecule has 0 radical (unpaired) electrons. The third-order valence-electron chi connectivity index (χ3n) is 6.95. The standard InChI is InChI=1S/C30H32S4/c1-22-10-11-23(12-13-24-18-29(33-20-24)27-8-4-16-31-27)6-2-3-7-26(22)15-14-25-19-30(34-21-25)28-9-5-17-32-28/h4-5,8-9,12-23,26H,2-3,6-7,10-11H2,1H3/b13-12+,15-14+. The molecule has 4 heteroatoms. The summed E-state index contributed by atoms with van der Waals surface area (Å²) < 4.78 is 0. The highest BCUT2D eigenvalue weighted by Gasteiger charge is 2.19. The first kappa shape index (κ1) is 24.0. The molecule has 4 heterocycles. The van der Waals surface area contributed by atoms with Gasteiger partial charge in [0, 0.05) is 19.5 Å². The van der Waals surface area contributed by atoms with Gasteiger partial charge in [0.15, 0.2) is 0 Å². The van der Waals surface area contributed by atoms with Gasteiger partial charge in [-0.3, -0.25) is 0 Å². The van der Waals surface area contributed by atoms with Crippen molar-refractivity contribution in [3.63, 3.8) is 0 Å². The Kier molecular flexibility index (Phi) is 8.33. The van der Waals surface area contributed by atoms with Gasteiger partial charge in [-0.15, -0.1) is 45.3 Å². The summed E-state index contributed by atoms with van der Waals surface area (Å²) in [4.78, 5) is 5.54. The Bertz CT molecular complexity index is 1190. The number of thiophene rings is 4. The molecule has 0 aliphatic heterocycles. The van der Waals surface area contributed by atoms with Crippen molar-refractivity contribution in [1.29, 1.82) is 0 Å². The maximum absolute atomic E-state index is 2.51. The van der Waals surface area contributed by atoms with Gasteiger partial charge in [-0.1, -0.05) is 56.2 Å². The van der Waals surface area contributed by atoms with Gasteiger partial charge in [0.2, 0.25) is 0 Å². The van der Waals surface area contributed by atoms with E-state index in [9.17, 15) is 0 Å². The summed E-state index contributed by atoms with van der Waals surface area (Å²) in [5, 5.41) is 8.93. The van der Waals surface area contributed by atoms with Crippen molar-refractivity contribution < 1.29 is 0 Å². The van der Waals surface area contributed by atoms with E-state index in [0.29, 0.717) is 11.8 Å². The fourth-order valence-corrected chi connectivity index (χ4v) is 8.28. The third-order valence-corrected chi connectivity index (χ3v) is 11.0. The van der Waals surface area contributed by atoms with E-state index >= 15 is 0 Å². The number of hydrogen-bond donors (Lipinski definition) is 0. The lowest BCUT2D eigenvalue weighted by molar-refractivity contribution is 0.366. The molecule has 34 heavy (non-hydrogen) atoms. The van der Waals surface area contributed by atoms with E-state index in [4.69, 9.17) is 0 Å². The molecule has 0 amide bonds. The largest absolute Gasteiger partial charge is 0.143 e. The molecular weight excluding hydrogens is 489 g/mol. The summed E-state index contributed by atoms with van der Waals surface area (Å²) in [6.07, 6.45) is 17.7. The smallest absolute Gasteiger partial charge is 0.0448 e. The Hall–Kier alpha value is -1.72. The van der Waals surface area contributed by atoms with Gasteiger partial charge in [-0.2, -0.15) is 0 Å². The Morgan fingerprint density at radius 1 is 0.676 bits per heavy atom. The van der Waals surface area contributed by atoms with Crippen molar-refractivity contribution in [1.82, 2.24) is 0 Å². The first-order valence-corrected chi connectivity index (χ1v) is 15.9. The van der Waals surface area contributed by atoms with Crippen LogP contribution in [-0.4, -0.2) is 0 Å². The molecule has 0 nitrogen and oxygen atoms in total. The van der Waals surface area contributed by atoms with Crippen LogP contribution in [0.25, 0.3) is 31.7 Å². The third kappa shape index (κ3) is 6.28. The van der Waals surface area contributed by atoms with Crippen LogP contribution in [-0.2, 0) is 0 Å². The number of rotatable bonds is 6. The molecule has 1 aliphatic carbocycles. The predicted octanol–water partition coefficient (Wildman–Crippen LogP) is 11.2. The molecule has 3 atom stereocenters. The van der Waals surface area contributed by atoms with Crippen molar-refractivity contribution in [2.75, 3.05) is 0 Å². The Labute approximate surface area is 220 Å². The fourth-order valence-electron chi connectivity index (χ4n) is 4.84. The molecule has 1 saturated carbocycles. The van der Waals surface area contributed by atoms with E-state index in [1.165, 1.54) is 69.2 Å². The van der Waals surface area contributed by atoms with Crippen molar-refractivity contribution in [2.45, 2.75) is 45.4 Å². The van der Waals surface area contributed by atoms with Crippen molar-refractivity contribution in [3.05, 3.63) is 81.2 Å². The van der Waals surface area contributed by atoms with Crippen LogP contribution >= 0.6 is 45.3 Å². The summed E-state index contributed by atoms with van der Waals surface area (Å²) in [5.74, 6) is 2.14. The van der Waals surface area contributed by atoms with Gasteiger partial charge in [0.05, 0.1) is 0 Å². The Morgan fingerprint density at radius 2 is 1.29 bits per heavy atom. The van der Waals surface area contributed by atoms with Gasteiger partial charge in [-0.05, 0) is 100 Å².